The third-order valence-electron chi connectivity index (χ3n) is 3.17. The summed E-state index contributed by atoms with van der Waals surface area (Å²) >= 11 is 0. The summed E-state index contributed by atoms with van der Waals surface area (Å²) < 4.78 is 0. The summed E-state index contributed by atoms with van der Waals surface area (Å²) in [6.07, 6.45) is 1.29. The third kappa shape index (κ3) is 3.15. The van der Waals surface area contributed by atoms with Gasteiger partial charge in [-0.1, -0.05) is 12.1 Å². The number of nitrogens with one attached hydrogen (secondary N) is 1. The molecule has 1 saturated heterocycles. The summed E-state index contributed by atoms with van der Waals surface area (Å²) in [6, 6.07) is 7.35. The number of benzene rings is 1. The number of hydrogen-bond donors (Lipinski definition) is 2. The van der Waals surface area contributed by atoms with Crippen molar-refractivity contribution in [2.75, 3.05) is 13.1 Å². The lowest BCUT2D eigenvalue weighted by Crippen LogP contribution is -2.33. The summed E-state index contributed by atoms with van der Waals surface area (Å²) in [4.78, 5) is 24.6. The van der Waals surface area contributed by atoms with Gasteiger partial charge < -0.3 is 0 Å². The van der Waals surface area contributed by atoms with E-state index in [1.807, 2.05) is 12.1 Å². The fourth-order valence-electron chi connectivity index (χ4n) is 2.06. The molecule has 0 unspecified atom stereocenters. The first kappa shape index (κ1) is 12.7. The molecule has 0 aliphatic carbocycles. The van der Waals surface area contributed by atoms with Gasteiger partial charge in [0.25, 0.3) is 5.91 Å². The Morgan fingerprint density at radius 3 is 2.39 bits per heavy atom. The fourth-order valence-corrected chi connectivity index (χ4v) is 2.06. The first-order valence-corrected chi connectivity index (χ1v) is 6.03. The molecule has 1 aromatic carbocycles. The molecule has 1 aliphatic heterocycles. The second kappa shape index (κ2) is 5.75. The highest BCUT2D eigenvalue weighted by atomic mass is 16.2. The highest BCUT2D eigenvalue weighted by molar-refractivity contribution is 5.93. The number of nitrogens with zero attached hydrogens (tertiary/aromatic N) is 1. The van der Waals surface area contributed by atoms with Gasteiger partial charge in [0.1, 0.15) is 5.78 Å². The Morgan fingerprint density at radius 1 is 1.22 bits per heavy atom. The number of likely N-dealkylation sites (tertiary alicyclic amines) is 1. The van der Waals surface area contributed by atoms with Crippen LogP contribution in [0.3, 0.4) is 0 Å². The van der Waals surface area contributed by atoms with Gasteiger partial charge >= 0.3 is 0 Å². The van der Waals surface area contributed by atoms with Gasteiger partial charge in [0.15, 0.2) is 0 Å². The van der Waals surface area contributed by atoms with Crippen molar-refractivity contribution in [2.45, 2.75) is 19.4 Å². The van der Waals surface area contributed by atoms with E-state index in [0.717, 1.165) is 25.2 Å². The van der Waals surface area contributed by atoms with Crippen LogP contribution in [0.2, 0.25) is 0 Å². The van der Waals surface area contributed by atoms with Crippen LogP contribution in [0.5, 0.6) is 0 Å². The van der Waals surface area contributed by atoms with Gasteiger partial charge in [-0.3, -0.25) is 19.9 Å². The van der Waals surface area contributed by atoms with Crippen molar-refractivity contribution in [1.29, 1.82) is 0 Å². The predicted octanol–water partition coefficient (Wildman–Crippen LogP) is 0.455. The molecular weight excluding hydrogens is 230 g/mol. The molecule has 0 atom stereocenters. The highest BCUT2D eigenvalue weighted by Crippen LogP contribution is 2.12. The van der Waals surface area contributed by atoms with Crippen LogP contribution >= 0.6 is 0 Å². The van der Waals surface area contributed by atoms with Gasteiger partial charge in [-0.05, 0) is 17.7 Å². The normalized spacial score (nSPS) is 16.6. The Kier molecular flexibility index (Phi) is 4.07. The number of hydrazine groups is 1. The maximum absolute atomic E-state index is 11.3. The van der Waals surface area contributed by atoms with Crippen LogP contribution in [0.15, 0.2) is 24.3 Å². The zero-order valence-electron chi connectivity index (χ0n) is 10.2. The topological polar surface area (TPSA) is 75.4 Å². The number of ketones is 1. The molecular formula is C13H17N3O2. The standard InChI is InChI=1S/C13H17N3O2/c14-15-13(18)11-3-1-10(2-4-11)9-16-7-5-12(17)6-8-16/h1-4H,5-9,14H2,(H,15,18). The van der Waals surface area contributed by atoms with Gasteiger partial charge in [0.2, 0.25) is 0 Å². The molecule has 0 radical (unpaired) electrons. The average Bonchev–Trinajstić information content (AvgIpc) is 2.41. The molecule has 2 rings (SSSR count). The quantitative estimate of drug-likeness (QED) is 0.462. The number of Topliss-reactive ketones (excluding diaryl/α,β-unsaturated/α-hetero) is 1. The predicted molar refractivity (Wildman–Crippen MR) is 67.6 cm³/mol. The summed E-state index contributed by atoms with van der Waals surface area (Å²) in [6.45, 7) is 2.46. The summed E-state index contributed by atoms with van der Waals surface area (Å²) in [5.74, 6) is 5.13. The second-order valence-corrected chi connectivity index (χ2v) is 4.49. The van der Waals surface area contributed by atoms with E-state index >= 15 is 0 Å². The van der Waals surface area contributed by atoms with Gasteiger partial charge in [-0.15, -0.1) is 0 Å². The maximum Gasteiger partial charge on any atom is 0.265 e. The fraction of sp³-hybridized carbons (Fsp3) is 0.385. The number of piperidine rings is 1. The van der Waals surface area contributed by atoms with Crippen molar-refractivity contribution >= 4 is 11.7 Å². The van der Waals surface area contributed by atoms with E-state index in [1.165, 1.54) is 0 Å². The van der Waals surface area contributed by atoms with Gasteiger partial charge in [0, 0.05) is 38.0 Å². The minimum absolute atomic E-state index is 0.287. The Labute approximate surface area is 106 Å². The molecule has 5 heteroatoms. The van der Waals surface area contributed by atoms with Crippen molar-refractivity contribution in [2.24, 2.45) is 5.84 Å². The Balaban J connectivity index is 1.94. The van der Waals surface area contributed by atoms with E-state index in [-0.39, 0.29) is 5.91 Å². The number of amides is 1. The second-order valence-electron chi connectivity index (χ2n) is 4.49. The lowest BCUT2D eigenvalue weighted by Gasteiger charge is -2.25. The van der Waals surface area contributed by atoms with Gasteiger partial charge in [-0.25, -0.2) is 5.84 Å². The van der Waals surface area contributed by atoms with Crippen LogP contribution in [-0.4, -0.2) is 29.7 Å². The minimum atomic E-state index is -0.287. The van der Waals surface area contributed by atoms with Crippen molar-refractivity contribution < 1.29 is 9.59 Å². The molecule has 3 N–H and O–H groups in total. The van der Waals surface area contributed by atoms with Crippen molar-refractivity contribution in [1.82, 2.24) is 10.3 Å². The lowest BCUT2D eigenvalue weighted by molar-refractivity contribution is -0.121. The number of carbonyl (C=O) groups excluding carboxylic acids is 2. The van der Waals surface area contributed by atoms with Crippen LogP contribution in [0.1, 0.15) is 28.8 Å². The van der Waals surface area contributed by atoms with Crippen LogP contribution in [0.25, 0.3) is 0 Å². The molecule has 0 bridgehead atoms. The molecule has 1 fully saturated rings. The summed E-state index contributed by atoms with van der Waals surface area (Å²) in [5.41, 5.74) is 3.79. The number of rotatable bonds is 3. The first-order valence-electron chi connectivity index (χ1n) is 6.03. The van der Waals surface area contributed by atoms with E-state index in [1.54, 1.807) is 12.1 Å². The van der Waals surface area contributed by atoms with E-state index in [9.17, 15) is 9.59 Å². The average molecular weight is 247 g/mol. The molecule has 1 aromatic rings. The third-order valence-corrected chi connectivity index (χ3v) is 3.17. The SMILES string of the molecule is NNC(=O)c1ccc(CN2CCC(=O)CC2)cc1. The van der Waals surface area contributed by atoms with Crippen LogP contribution in [0.4, 0.5) is 0 Å². The summed E-state index contributed by atoms with van der Waals surface area (Å²) in [7, 11) is 0. The maximum atomic E-state index is 11.3. The smallest absolute Gasteiger partial charge is 0.265 e. The van der Waals surface area contributed by atoms with Crippen molar-refractivity contribution in [3.8, 4) is 0 Å². The van der Waals surface area contributed by atoms with Crippen LogP contribution in [-0.2, 0) is 11.3 Å². The van der Waals surface area contributed by atoms with Gasteiger partial charge in [-0.2, -0.15) is 0 Å². The number of nitrogens with two attached hydrogens (primary N) is 1. The lowest BCUT2D eigenvalue weighted by atomic mass is 10.1. The van der Waals surface area contributed by atoms with Crippen LogP contribution in [0, 0.1) is 0 Å². The Hall–Kier alpha value is -1.72. The van der Waals surface area contributed by atoms with Crippen LogP contribution < -0.4 is 11.3 Å². The zero-order valence-corrected chi connectivity index (χ0v) is 10.2. The largest absolute Gasteiger partial charge is 0.300 e. The Bertz CT molecular complexity index is 432. The number of nitrogen functional groups attached to an aromatic ring is 1. The van der Waals surface area contributed by atoms with E-state index in [4.69, 9.17) is 5.84 Å². The van der Waals surface area contributed by atoms with Crippen molar-refractivity contribution in [3.63, 3.8) is 0 Å². The molecule has 5 nitrogen and oxygen atoms in total. The molecule has 18 heavy (non-hydrogen) atoms. The first-order chi connectivity index (χ1) is 8.69. The summed E-state index contributed by atoms with van der Waals surface area (Å²) in [5, 5.41) is 0. The minimum Gasteiger partial charge on any atom is -0.300 e. The van der Waals surface area contributed by atoms with Crippen molar-refractivity contribution in [3.05, 3.63) is 35.4 Å². The molecule has 96 valence electrons. The van der Waals surface area contributed by atoms with E-state index in [0.29, 0.717) is 24.2 Å². The Morgan fingerprint density at radius 2 is 1.83 bits per heavy atom. The highest BCUT2D eigenvalue weighted by Gasteiger charge is 2.16. The monoisotopic (exact) mass is 247 g/mol. The molecule has 0 saturated carbocycles. The molecule has 0 spiro atoms. The van der Waals surface area contributed by atoms with E-state index < -0.39 is 0 Å². The van der Waals surface area contributed by atoms with Gasteiger partial charge in [0.05, 0.1) is 0 Å². The molecule has 1 aliphatic rings. The van der Waals surface area contributed by atoms with E-state index in [2.05, 4.69) is 10.3 Å². The molecule has 0 aromatic heterocycles. The molecule has 1 heterocycles. The molecule has 1 amide bonds. The zero-order chi connectivity index (χ0) is 13.0. The number of hydrogen-bond acceptors (Lipinski definition) is 4. The number of carbonyl (C=O) groups is 2.